The second-order valence-corrected chi connectivity index (χ2v) is 10.2. The van der Waals surface area contributed by atoms with Gasteiger partial charge in [-0.3, -0.25) is 19.5 Å². The van der Waals surface area contributed by atoms with E-state index in [9.17, 15) is 18.0 Å². The molecule has 2 aromatic rings. The van der Waals surface area contributed by atoms with Crippen LogP contribution in [-0.4, -0.2) is 48.7 Å². The van der Waals surface area contributed by atoms with Crippen LogP contribution in [-0.2, 0) is 32.6 Å². The number of amides is 2. The van der Waals surface area contributed by atoms with Gasteiger partial charge < -0.3 is 5.32 Å². The van der Waals surface area contributed by atoms with Gasteiger partial charge in [-0.2, -0.15) is 4.31 Å². The molecule has 4 rings (SSSR count). The summed E-state index contributed by atoms with van der Waals surface area (Å²) in [6.45, 7) is 2.77. The van der Waals surface area contributed by atoms with Gasteiger partial charge in [-0.25, -0.2) is 8.42 Å². The molecule has 0 saturated carbocycles. The van der Waals surface area contributed by atoms with Crippen molar-refractivity contribution in [2.45, 2.75) is 56.5 Å². The Hall–Kier alpha value is -2.78. The van der Waals surface area contributed by atoms with E-state index in [1.54, 1.807) is 41.0 Å². The predicted molar refractivity (Wildman–Crippen MR) is 120 cm³/mol. The molecule has 3 heterocycles. The summed E-state index contributed by atoms with van der Waals surface area (Å²) in [6, 6.07) is 7.76. The van der Waals surface area contributed by atoms with E-state index in [4.69, 9.17) is 0 Å². The highest BCUT2D eigenvalue weighted by Crippen LogP contribution is 2.35. The third-order valence-electron chi connectivity index (χ3n) is 6.07. The molecule has 1 fully saturated rings. The van der Waals surface area contributed by atoms with Crippen molar-refractivity contribution in [3.63, 3.8) is 0 Å². The highest BCUT2D eigenvalue weighted by molar-refractivity contribution is 7.89. The fourth-order valence-electron chi connectivity index (χ4n) is 4.43. The van der Waals surface area contributed by atoms with Crippen molar-refractivity contribution >= 4 is 27.5 Å². The van der Waals surface area contributed by atoms with Crippen LogP contribution in [0.15, 0.2) is 47.6 Å². The van der Waals surface area contributed by atoms with Crippen LogP contribution < -0.4 is 10.2 Å². The van der Waals surface area contributed by atoms with Gasteiger partial charge in [0, 0.05) is 51.1 Å². The molecule has 0 radical (unpaired) electrons. The number of aromatic nitrogens is 1. The van der Waals surface area contributed by atoms with Gasteiger partial charge in [0.2, 0.25) is 21.8 Å². The molecule has 1 aromatic carbocycles. The van der Waals surface area contributed by atoms with Crippen molar-refractivity contribution in [3.8, 4) is 0 Å². The lowest BCUT2D eigenvalue weighted by Gasteiger charge is -2.23. The Bertz CT molecular complexity index is 1100. The van der Waals surface area contributed by atoms with Crippen molar-refractivity contribution in [2.24, 2.45) is 0 Å². The summed E-state index contributed by atoms with van der Waals surface area (Å²) in [7, 11) is -3.61. The zero-order valence-electron chi connectivity index (χ0n) is 18.2. The van der Waals surface area contributed by atoms with E-state index in [1.165, 1.54) is 11.8 Å². The minimum absolute atomic E-state index is 0.220. The lowest BCUT2D eigenvalue weighted by atomic mass is 10.1. The quantitative estimate of drug-likeness (QED) is 0.744. The number of sulfonamides is 1. The molecule has 0 bridgehead atoms. The third-order valence-corrected chi connectivity index (χ3v) is 7.96. The predicted octanol–water partition coefficient (Wildman–Crippen LogP) is 2.24. The zero-order chi connectivity index (χ0) is 22.7. The fourth-order valence-corrected chi connectivity index (χ4v) is 6.00. The van der Waals surface area contributed by atoms with Gasteiger partial charge in [0.25, 0.3) is 0 Å². The van der Waals surface area contributed by atoms with E-state index in [2.05, 4.69) is 10.3 Å². The number of carbonyl (C=O) groups is 2. The second kappa shape index (κ2) is 9.38. The largest absolute Gasteiger partial charge is 0.350 e. The Morgan fingerprint density at radius 1 is 1.12 bits per heavy atom. The molecule has 1 atom stereocenters. The van der Waals surface area contributed by atoms with Crippen LogP contribution in [0.1, 0.15) is 43.7 Å². The molecular weight excluding hydrogens is 428 g/mol. The van der Waals surface area contributed by atoms with Crippen LogP contribution >= 0.6 is 0 Å². The maximum absolute atomic E-state index is 13.2. The normalized spacial score (nSPS) is 19.3. The van der Waals surface area contributed by atoms with E-state index in [0.29, 0.717) is 30.9 Å². The highest BCUT2D eigenvalue weighted by Gasteiger charge is 2.38. The smallest absolute Gasteiger partial charge is 0.243 e. The summed E-state index contributed by atoms with van der Waals surface area (Å²) in [5.74, 6) is -0.536. The molecule has 2 amide bonds. The number of benzene rings is 1. The number of carbonyl (C=O) groups excluding carboxylic acids is 2. The summed E-state index contributed by atoms with van der Waals surface area (Å²) in [4.78, 5) is 31.0. The minimum atomic E-state index is -3.61. The Morgan fingerprint density at radius 2 is 1.88 bits per heavy atom. The molecule has 1 aromatic heterocycles. The summed E-state index contributed by atoms with van der Waals surface area (Å²) in [6.07, 6.45) is 7.42. The van der Waals surface area contributed by atoms with Gasteiger partial charge in [-0.05, 0) is 48.2 Å². The van der Waals surface area contributed by atoms with Crippen LogP contribution in [0.25, 0.3) is 0 Å². The fraction of sp³-hybridized carbons (Fsp3) is 0.435. The van der Waals surface area contributed by atoms with Gasteiger partial charge in [0.1, 0.15) is 6.04 Å². The minimum Gasteiger partial charge on any atom is -0.350 e. The number of pyridine rings is 1. The van der Waals surface area contributed by atoms with Crippen LogP contribution in [0, 0.1) is 0 Å². The highest BCUT2D eigenvalue weighted by atomic mass is 32.2. The SMILES string of the molecule is CC(=O)N1c2ccc(S(=O)(=O)N3CCCCCC3)cc2CC1C(=O)NCc1cccnc1. The number of fused-ring (bicyclic) bond motifs is 1. The molecule has 0 spiro atoms. The molecule has 0 aliphatic carbocycles. The Morgan fingerprint density at radius 3 is 2.53 bits per heavy atom. The maximum Gasteiger partial charge on any atom is 0.243 e. The van der Waals surface area contributed by atoms with Gasteiger partial charge in [-0.15, -0.1) is 0 Å². The number of nitrogens with one attached hydrogen (secondary N) is 1. The van der Waals surface area contributed by atoms with E-state index in [1.807, 2.05) is 6.07 Å². The number of nitrogens with zero attached hydrogens (tertiary/aromatic N) is 3. The van der Waals surface area contributed by atoms with Gasteiger partial charge in [0.05, 0.1) is 4.90 Å². The van der Waals surface area contributed by atoms with Crippen LogP contribution in [0.4, 0.5) is 5.69 Å². The molecule has 1 unspecified atom stereocenters. The molecule has 8 nitrogen and oxygen atoms in total. The van der Waals surface area contributed by atoms with E-state index < -0.39 is 16.1 Å². The Labute approximate surface area is 188 Å². The zero-order valence-corrected chi connectivity index (χ0v) is 19.0. The lowest BCUT2D eigenvalue weighted by molar-refractivity contribution is -0.125. The number of hydrogen-bond donors (Lipinski definition) is 1. The third kappa shape index (κ3) is 4.54. The van der Waals surface area contributed by atoms with Gasteiger partial charge in [-0.1, -0.05) is 18.9 Å². The first-order valence-corrected chi connectivity index (χ1v) is 12.4. The van der Waals surface area contributed by atoms with Crippen LogP contribution in [0.2, 0.25) is 0 Å². The van der Waals surface area contributed by atoms with Crippen molar-refractivity contribution in [3.05, 3.63) is 53.9 Å². The van der Waals surface area contributed by atoms with Crippen LogP contribution in [0.3, 0.4) is 0 Å². The first-order chi connectivity index (χ1) is 15.4. The molecule has 9 heteroatoms. The molecule has 1 N–H and O–H groups in total. The average molecular weight is 457 g/mol. The summed E-state index contributed by atoms with van der Waals surface area (Å²) in [5, 5.41) is 2.86. The van der Waals surface area contributed by atoms with E-state index in [-0.39, 0.29) is 23.1 Å². The maximum atomic E-state index is 13.2. The summed E-state index contributed by atoms with van der Waals surface area (Å²) < 4.78 is 27.9. The monoisotopic (exact) mass is 456 g/mol. The van der Waals surface area contributed by atoms with Crippen molar-refractivity contribution in [1.29, 1.82) is 0 Å². The Balaban J connectivity index is 1.55. The van der Waals surface area contributed by atoms with E-state index in [0.717, 1.165) is 31.2 Å². The molecular formula is C23H28N4O4S. The van der Waals surface area contributed by atoms with Gasteiger partial charge >= 0.3 is 0 Å². The molecule has 32 heavy (non-hydrogen) atoms. The van der Waals surface area contributed by atoms with Crippen molar-refractivity contribution in [2.75, 3.05) is 18.0 Å². The number of hydrogen-bond acceptors (Lipinski definition) is 5. The van der Waals surface area contributed by atoms with E-state index >= 15 is 0 Å². The molecule has 170 valence electrons. The van der Waals surface area contributed by atoms with Gasteiger partial charge in [0.15, 0.2) is 0 Å². The van der Waals surface area contributed by atoms with Crippen LogP contribution in [0.5, 0.6) is 0 Å². The first-order valence-electron chi connectivity index (χ1n) is 11.0. The van der Waals surface area contributed by atoms with Crippen molar-refractivity contribution < 1.29 is 18.0 Å². The number of anilines is 1. The summed E-state index contributed by atoms with van der Waals surface area (Å²) >= 11 is 0. The topological polar surface area (TPSA) is 99.7 Å². The number of rotatable bonds is 5. The average Bonchev–Trinajstić information content (AvgIpc) is 2.96. The molecule has 2 aliphatic heterocycles. The lowest BCUT2D eigenvalue weighted by Crippen LogP contribution is -2.47. The molecule has 1 saturated heterocycles. The first kappa shape index (κ1) is 22.4. The molecule has 2 aliphatic rings. The summed E-state index contributed by atoms with van der Waals surface area (Å²) in [5.41, 5.74) is 2.14. The Kier molecular flexibility index (Phi) is 6.57. The second-order valence-electron chi connectivity index (χ2n) is 8.30. The standard InChI is InChI=1S/C23H28N4O4S/c1-17(28)27-21-9-8-20(32(30,31)26-11-4-2-3-5-12-26)13-19(21)14-22(27)23(29)25-16-18-7-6-10-24-15-18/h6-10,13,15,22H,2-5,11-12,14,16H2,1H3,(H,25,29). The van der Waals surface area contributed by atoms with Crippen molar-refractivity contribution in [1.82, 2.24) is 14.6 Å².